The molecule has 0 saturated heterocycles. The number of hydrogen-bond acceptors (Lipinski definition) is 6. The Balaban J connectivity index is 0.000000109. The quantitative estimate of drug-likeness (QED) is 0.143. The summed E-state index contributed by atoms with van der Waals surface area (Å²) in [6.45, 7) is 0. The van der Waals surface area contributed by atoms with Gasteiger partial charge in [-0.25, -0.2) is 15.0 Å². The smallest absolute Gasteiger partial charge is 0.145 e. The highest BCUT2D eigenvalue weighted by Crippen LogP contribution is 2.39. The third-order valence-electron chi connectivity index (χ3n) is 19.1. The Labute approximate surface area is 582 Å². The molecule has 0 aliphatic rings. The molecule has 474 valence electrons. The van der Waals surface area contributed by atoms with Crippen LogP contribution in [0.3, 0.4) is 0 Å². The lowest BCUT2D eigenvalue weighted by molar-refractivity contribution is 1.14. The van der Waals surface area contributed by atoms with Crippen molar-refractivity contribution in [3.63, 3.8) is 0 Å². The van der Waals surface area contributed by atoms with E-state index in [9.17, 15) is 0 Å². The lowest BCUT2D eigenvalue weighted by atomic mass is 9.96. The molecule has 0 unspecified atom stereocenters. The molecule has 20 rings (SSSR count). The van der Waals surface area contributed by atoms with E-state index in [1.807, 2.05) is 85.6 Å². The lowest BCUT2D eigenvalue weighted by Crippen LogP contribution is -1.94. The molecule has 20 aromatic rings. The molecule has 0 aliphatic heterocycles. The van der Waals surface area contributed by atoms with Crippen LogP contribution in [-0.4, -0.2) is 43.6 Å². The van der Waals surface area contributed by atoms with Crippen molar-refractivity contribution in [2.45, 2.75) is 0 Å². The Morgan fingerprint density at radius 3 is 0.980 bits per heavy atom. The van der Waals surface area contributed by atoms with Crippen molar-refractivity contribution in [2.24, 2.45) is 0 Å². The van der Waals surface area contributed by atoms with Gasteiger partial charge in [-0.15, -0.1) is 0 Å². The van der Waals surface area contributed by atoms with Crippen molar-refractivity contribution in [1.82, 2.24) is 43.6 Å². The predicted molar refractivity (Wildman–Crippen MR) is 417 cm³/mol. The number of rotatable bonds is 9. The Morgan fingerprint density at radius 2 is 0.535 bits per heavy atom. The van der Waals surface area contributed by atoms with Crippen molar-refractivity contribution in [1.29, 1.82) is 0 Å². The molecule has 101 heavy (non-hydrogen) atoms. The first-order valence-corrected chi connectivity index (χ1v) is 33.9. The van der Waals surface area contributed by atoms with Gasteiger partial charge in [0.15, 0.2) is 0 Å². The van der Waals surface area contributed by atoms with E-state index >= 15 is 0 Å². The van der Waals surface area contributed by atoms with Crippen LogP contribution >= 0.6 is 0 Å². The summed E-state index contributed by atoms with van der Waals surface area (Å²) in [5.74, 6) is 0. The average molecular weight is 1290 g/mol. The molecule has 0 N–H and O–H groups in total. The van der Waals surface area contributed by atoms with Gasteiger partial charge in [0.05, 0.1) is 33.6 Å². The molecular weight excluding hydrogens is 1230 g/mol. The van der Waals surface area contributed by atoms with E-state index in [4.69, 9.17) is 19.9 Å². The maximum atomic E-state index is 4.86. The second-order valence-electron chi connectivity index (χ2n) is 25.0. The van der Waals surface area contributed by atoms with E-state index in [1.165, 1.54) is 76.4 Å². The van der Waals surface area contributed by atoms with Gasteiger partial charge in [0, 0.05) is 109 Å². The first-order valence-electron chi connectivity index (χ1n) is 33.9. The van der Waals surface area contributed by atoms with Crippen LogP contribution in [0.2, 0.25) is 0 Å². The fourth-order valence-corrected chi connectivity index (χ4v) is 14.3. The third kappa shape index (κ3) is 11.2. The fourth-order valence-electron chi connectivity index (χ4n) is 14.3. The second-order valence-corrected chi connectivity index (χ2v) is 25.0. The Hall–Kier alpha value is -13.8. The average Bonchev–Trinajstić information content (AvgIpc) is 1.61. The summed E-state index contributed by atoms with van der Waals surface area (Å²) in [5.41, 5.74) is 22.9. The zero-order chi connectivity index (χ0) is 67.0. The van der Waals surface area contributed by atoms with Gasteiger partial charge in [0.1, 0.15) is 16.9 Å². The van der Waals surface area contributed by atoms with E-state index < -0.39 is 0 Å². The Bertz CT molecular complexity index is 6120. The van der Waals surface area contributed by atoms with Crippen LogP contribution in [0.5, 0.6) is 0 Å². The number of fused-ring (bicyclic) bond motifs is 11. The first kappa shape index (κ1) is 59.7. The summed E-state index contributed by atoms with van der Waals surface area (Å²) < 4.78 is 6.69. The highest BCUT2D eigenvalue weighted by molar-refractivity contribution is 6.12. The molecule has 0 spiro atoms. The van der Waals surface area contributed by atoms with Crippen LogP contribution in [-0.2, 0) is 0 Å². The van der Waals surface area contributed by atoms with Crippen molar-refractivity contribution in [2.75, 3.05) is 0 Å². The Morgan fingerprint density at radius 1 is 0.188 bits per heavy atom. The summed E-state index contributed by atoms with van der Waals surface area (Å²) in [7, 11) is 0. The summed E-state index contributed by atoms with van der Waals surface area (Å²) in [5, 5.41) is 12.0. The molecule has 9 nitrogen and oxygen atoms in total. The van der Waals surface area contributed by atoms with Crippen LogP contribution in [0.4, 0.5) is 0 Å². The molecule has 0 saturated carbocycles. The number of nitrogens with zero attached hydrogens (tertiary/aromatic N) is 9. The molecule has 0 radical (unpaired) electrons. The van der Waals surface area contributed by atoms with Crippen molar-refractivity contribution < 1.29 is 0 Å². The highest BCUT2D eigenvalue weighted by Gasteiger charge is 2.19. The number of para-hydroxylation sites is 3. The van der Waals surface area contributed by atoms with Gasteiger partial charge in [-0.3, -0.25) is 28.7 Å². The van der Waals surface area contributed by atoms with E-state index in [-0.39, 0.29) is 0 Å². The maximum absolute atomic E-state index is 4.86. The highest BCUT2D eigenvalue weighted by atomic mass is 15.1. The second kappa shape index (κ2) is 26.0. The predicted octanol–water partition coefficient (Wildman–Crippen LogP) is 23.0. The van der Waals surface area contributed by atoms with Crippen molar-refractivity contribution >= 4 is 87.4 Å². The van der Waals surface area contributed by atoms with Gasteiger partial charge in [-0.05, 0) is 189 Å². The summed E-state index contributed by atoms with van der Waals surface area (Å²) >= 11 is 0. The zero-order valence-corrected chi connectivity index (χ0v) is 54.7. The van der Waals surface area contributed by atoms with E-state index in [2.05, 4.69) is 303 Å². The van der Waals surface area contributed by atoms with E-state index in [0.29, 0.717) is 0 Å². The number of benzene rings is 11. The normalized spacial score (nSPS) is 11.4. The molecule has 9 heteroatoms. The minimum atomic E-state index is 0.925. The molecule has 11 aromatic carbocycles. The van der Waals surface area contributed by atoms with E-state index in [0.717, 1.165) is 95.1 Å². The monoisotopic (exact) mass is 1290 g/mol. The molecule has 0 amide bonds. The van der Waals surface area contributed by atoms with Gasteiger partial charge >= 0.3 is 0 Å². The largest absolute Gasteiger partial charge is 0.294 e. The molecule has 0 aliphatic carbocycles. The summed E-state index contributed by atoms with van der Waals surface area (Å²) in [6.07, 6.45) is 11.2. The summed E-state index contributed by atoms with van der Waals surface area (Å²) in [6, 6.07) is 117. The standard InChI is InChI=1S/C33H22N2.C32H21N3.C27H18N4/c1-2-10-27(11-3-1)35-32-20-19-26(22-31(32)30-14-7-21-34-33(30)35)23-15-17-25(18-16-23)29-13-6-9-24-8-4-5-12-28(24)29;1-2-10-25(11-3-1)35-31-18-16-23(20-29(31)28-14-7-19-33-32(28)35)30-17-15-24(21-34-30)27-13-6-9-22-8-4-5-12-26(22)27;1-2-7-21(8-3-1)31-26-14-12-19(17-23(26)22-9-6-16-29-27(22)31)25-13-11-20(18-30-25)24-10-4-5-15-28-24/h1-22H;1-21H;1-18H. The van der Waals surface area contributed by atoms with Crippen LogP contribution in [0.1, 0.15) is 0 Å². The molecular formula is C92H61N9. The van der Waals surface area contributed by atoms with Gasteiger partial charge in [0.2, 0.25) is 0 Å². The van der Waals surface area contributed by atoms with Crippen molar-refractivity contribution in [3.05, 3.63) is 371 Å². The van der Waals surface area contributed by atoms with Gasteiger partial charge in [-0.1, -0.05) is 194 Å². The van der Waals surface area contributed by atoms with Crippen LogP contribution in [0.15, 0.2) is 371 Å². The first-order chi connectivity index (χ1) is 50.1. The summed E-state index contributed by atoms with van der Waals surface area (Å²) in [4.78, 5) is 28.1. The SMILES string of the molecule is c1ccc(-n2c3ccc(-c4ccc(-c5cccc6ccccc56)cc4)cc3c3cccnc32)cc1.c1ccc(-n2c3ccc(-c4ccc(-c5cccc6ccccc56)cn4)cc3c3cccnc32)cc1.c1ccc(-n2c3ccc(-c4ccc(-c5ccccn5)cn4)cc3c3cccnc32)cc1. The molecule has 0 fully saturated rings. The molecule has 0 bridgehead atoms. The van der Waals surface area contributed by atoms with Gasteiger partial charge in [-0.2, -0.15) is 0 Å². The zero-order valence-electron chi connectivity index (χ0n) is 54.7. The van der Waals surface area contributed by atoms with Crippen LogP contribution in [0.25, 0.3) is 172 Å². The topological polar surface area (TPSA) is 92.1 Å². The molecule has 0 atom stereocenters. The minimum Gasteiger partial charge on any atom is -0.294 e. The number of pyridine rings is 6. The molecule has 9 aromatic heterocycles. The Kier molecular flexibility index (Phi) is 15.4. The molecule has 9 heterocycles. The van der Waals surface area contributed by atoms with Gasteiger partial charge in [0.25, 0.3) is 0 Å². The van der Waals surface area contributed by atoms with Crippen LogP contribution in [0, 0.1) is 0 Å². The number of hydrogen-bond donors (Lipinski definition) is 0. The lowest BCUT2D eigenvalue weighted by Gasteiger charge is -2.09. The minimum absolute atomic E-state index is 0.925. The van der Waals surface area contributed by atoms with Crippen LogP contribution < -0.4 is 0 Å². The third-order valence-corrected chi connectivity index (χ3v) is 19.1. The maximum Gasteiger partial charge on any atom is 0.145 e. The van der Waals surface area contributed by atoms with Crippen molar-refractivity contribution in [3.8, 4) is 84.2 Å². The fraction of sp³-hybridized carbons (Fsp3) is 0. The number of aromatic nitrogens is 9. The van der Waals surface area contributed by atoms with Gasteiger partial charge < -0.3 is 0 Å². The van der Waals surface area contributed by atoms with E-state index in [1.54, 1.807) is 6.20 Å².